The number of anilines is 2. The summed E-state index contributed by atoms with van der Waals surface area (Å²) in [6.07, 6.45) is 3.12. The van der Waals surface area contributed by atoms with E-state index in [2.05, 4.69) is 10.6 Å². The first-order valence-electron chi connectivity index (χ1n) is 11.0. The number of hydrogen-bond donors (Lipinski definition) is 2. The second-order valence-electron chi connectivity index (χ2n) is 9.18. The van der Waals surface area contributed by atoms with Gasteiger partial charge in [-0.1, -0.05) is 12.1 Å². The summed E-state index contributed by atoms with van der Waals surface area (Å²) in [5.41, 5.74) is 4.49. The number of ketones is 1. The van der Waals surface area contributed by atoms with Crippen LogP contribution in [0.15, 0.2) is 42.6 Å². The molecule has 2 aliphatic heterocycles. The number of rotatable bonds is 3. The summed E-state index contributed by atoms with van der Waals surface area (Å²) in [4.78, 5) is 51.0. The zero-order valence-electron chi connectivity index (χ0n) is 18.1. The Balaban J connectivity index is 1.22. The SMILES string of the molecule is CN1C(=O)CC(=O)C12Cc1ccc(NC(=O)Cn3cc4c5c(cccc53)NC(=O)C4)cc1C2. The Kier molecular flexibility index (Phi) is 4.05. The van der Waals surface area contributed by atoms with Gasteiger partial charge in [-0.15, -0.1) is 0 Å². The van der Waals surface area contributed by atoms with Crippen molar-refractivity contribution in [1.82, 2.24) is 9.47 Å². The maximum absolute atomic E-state index is 12.9. The monoisotopic (exact) mass is 442 g/mol. The Morgan fingerprint density at radius 1 is 1.06 bits per heavy atom. The van der Waals surface area contributed by atoms with E-state index in [9.17, 15) is 19.2 Å². The van der Waals surface area contributed by atoms with E-state index in [1.165, 1.54) is 0 Å². The van der Waals surface area contributed by atoms with Gasteiger partial charge in [-0.25, -0.2) is 0 Å². The van der Waals surface area contributed by atoms with Crippen LogP contribution in [-0.4, -0.2) is 45.6 Å². The van der Waals surface area contributed by atoms with Crippen LogP contribution in [-0.2, 0) is 45.0 Å². The predicted octanol–water partition coefficient (Wildman–Crippen LogP) is 2.04. The Labute approximate surface area is 189 Å². The number of likely N-dealkylation sites (tertiary alicyclic amines) is 1. The lowest BCUT2D eigenvalue weighted by Gasteiger charge is -2.29. The summed E-state index contributed by atoms with van der Waals surface area (Å²) in [5.74, 6) is -0.402. The van der Waals surface area contributed by atoms with Crippen LogP contribution in [0.1, 0.15) is 23.1 Å². The highest BCUT2D eigenvalue weighted by Gasteiger charge is 2.53. The van der Waals surface area contributed by atoms with Crippen LogP contribution in [0.4, 0.5) is 11.4 Å². The first-order valence-corrected chi connectivity index (χ1v) is 11.0. The van der Waals surface area contributed by atoms with E-state index in [-0.39, 0.29) is 36.5 Å². The van der Waals surface area contributed by atoms with E-state index in [1.807, 2.05) is 47.2 Å². The highest BCUT2D eigenvalue weighted by Crippen LogP contribution is 2.40. The molecule has 1 aliphatic carbocycles. The van der Waals surface area contributed by atoms with Gasteiger partial charge < -0.3 is 20.1 Å². The van der Waals surface area contributed by atoms with Gasteiger partial charge in [0.05, 0.1) is 24.0 Å². The predicted molar refractivity (Wildman–Crippen MR) is 122 cm³/mol. The minimum absolute atomic E-state index is 0.0308. The van der Waals surface area contributed by atoms with Crippen molar-refractivity contribution in [3.05, 3.63) is 59.3 Å². The van der Waals surface area contributed by atoms with Gasteiger partial charge >= 0.3 is 0 Å². The minimum Gasteiger partial charge on any atom is -0.338 e. The van der Waals surface area contributed by atoms with Crippen molar-refractivity contribution in [2.24, 2.45) is 0 Å². The van der Waals surface area contributed by atoms with Crippen LogP contribution in [0.2, 0.25) is 0 Å². The molecule has 0 radical (unpaired) electrons. The molecule has 1 aromatic heterocycles. The third-order valence-corrected chi connectivity index (χ3v) is 7.23. The van der Waals surface area contributed by atoms with Crippen LogP contribution in [0, 0.1) is 0 Å². The van der Waals surface area contributed by atoms with Gasteiger partial charge in [0.2, 0.25) is 17.7 Å². The number of nitrogens with one attached hydrogen (secondary N) is 2. The number of nitrogens with zero attached hydrogens (tertiary/aromatic N) is 2. The summed E-state index contributed by atoms with van der Waals surface area (Å²) in [7, 11) is 1.70. The molecule has 3 heterocycles. The topological polar surface area (TPSA) is 101 Å². The van der Waals surface area contributed by atoms with Gasteiger partial charge in [-0.3, -0.25) is 19.2 Å². The molecule has 166 valence electrons. The molecule has 1 spiro atoms. The fraction of sp³-hybridized carbons (Fsp3) is 0.280. The largest absolute Gasteiger partial charge is 0.338 e. The second kappa shape index (κ2) is 6.78. The molecule has 8 heteroatoms. The fourth-order valence-electron chi connectivity index (χ4n) is 5.54. The van der Waals surface area contributed by atoms with Crippen molar-refractivity contribution in [3.63, 3.8) is 0 Å². The molecule has 1 unspecified atom stereocenters. The first-order chi connectivity index (χ1) is 15.8. The van der Waals surface area contributed by atoms with Crippen molar-refractivity contribution < 1.29 is 19.2 Å². The maximum atomic E-state index is 12.9. The summed E-state index contributed by atoms with van der Waals surface area (Å²) < 4.78 is 1.86. The fourth-order valence-corrected chi connectivity index (χ4v) is 5.54. The molecule has 1 saturated heterocycles. The molecule has 3 aliphatic rings. The van der Waals surface area contributed by atoms with E-state index >= 15 is 0 Å². The zero-order chi connectivity index (χ0) is 22.9. The van der Waals surface area contributed by atoms with Crippen molar-refractivity contribution in [3.8, 4) is 0 Å². The van der Waals surface area contributed by atoms with Crippen LogP contribution >= 0.6 is 0 Å². The number of likely N-dealkylation sites (N-methyl/N-ethyl adjacent to an activating group) is 1. The molecule has 8 nitrogen and oxygen atoms in total. The molecular formula is C25H22N4O4. The number of aromatic nitrogens is 1. The summed E-state index contributed by atoms with van der Waals surface area (Å²) in [6, 6.07) is 11.3. The lowest BCUT2D eigenvalue weighted by atomic mass is 9.91. The summed E-state index contributed by atoms with van der Waals surface area (Å²) >= 11 is 0. The second-order valence-corrected chi connectivity index (χ2v) is 9.18. The van der Waals surface area contributed by atoms with E-state index in [0.717, 1.165) is 33.3 Å². The van der Waals surface area contributed by atoms with Gasteiger partial charge in [0.1, 0.15) is 12.1 Å². The van der Waals surface area contributed by atoms with E-state index in [4.69, 9.17) is 0 Å². The van der Waals surface area contributed by atoms with E-state index in [0.29, 0.717) is 24.9 Å². The molecule has 1 fully saturated rings. The number of hydrogen-bond acceptors (Lipinski definition) is 4. The molecule has 33 heavy (non-hydrogen) atoms. The lowest BCUT2D eigenvalue weighted by molar-refractivity contribution is -0.130. The number of carbonyl (C=O) groups is 4. The Morgan fingerprint density at radius 3 is 2.67 bits per heavy atom. The van der Waals surface area contributed by atoms with Crippen molar-refractivity contribution in [2.75, 3.05) is 17.7 Å². The van der Waals surface area contributed by atoms with Crippen LogP contribution in [0.5, 0.6) is 0 Å². The number of amides is 3. The van der Waals surface area contributed by atoms with Gasteiger partial charge in [-0.05, 0) is 41.0 Å². The Morgan fingerprint density at radius 2 is 1.88 bits per heavy atom. The van der Waals surface area contributed by atoms with Gasteiger partial charge in [-0.2, -0.15) is 0 Å². The molecule has 2 N–H and O–H groups in total. The van der Waals surface area contributed by atoms with Gasteiger partial charge in [0.15, 0.2) is 5.78 Å². The number of benzene rings is 2. The number of Topliss-reactive ketones (excluding diaryl/α,β-unsaturated/α-hetero) is 1. The van der Waals surface area contributed by atoms with Crippen LogP contribution in [0.3, 0.4) is 0 Å². The van der Waals surface area contributed by atoms with Crippen LogP contribution < -0.4 is 10.6 Å². The van der Waals surface area contributed by atoms with Crippen molar-refractivity contribution in [2.45, 2.75) is 37.8 Å². The molecule has 1 atom stereocenters. The summed E-state index contributed by atoms with van der Waals surface area (Å²) in [6.45, 7) is 0.116. The first kappa shape index (κ1) is 19.7. The standard InChI is InChI=1S/C25H22N4O4/c1-28-23(33)9-20(30)25(28)10-14-5-6-17(7-15(14)11-25)26-22(32)13-29-12-16-8-21(31)27-18-3-2-4-19(29)24(16)18/h2-7,12H,8-11,13H2,1H3,(H,26,32)(H,27,31). The third-order valence-electron chi connectivity index (χ3n) is 7.23. The average Bonchev–Trinajstić information content (AvgIpc) is 3.38. The van der Waals surface area contributed by atoms with E-state index < -0.39 is 5.54 Å². The molecule has 0 bridgehead atoms. The molecule has 2 aromatic carbocycles. The Bertz CT molecular complexity index is 1400. The smallest absolute Gasteiger partial charge is 0.244 e. The highest BCUT2D eigenvalue weighted by atomic mass is 16.2. The van der Waals surface area contributed by atoms with Gasteiger partial charge in [0, 0.05) is 37.2 Å². The zero-order valence-corrected chi connectivity index (χ0v) is 18.1. The Hall–Kier alpha value is -3.94. The number of carbonyl (C=O) groups excluding carboxylic acids is 4. The molecule has 0 saturated carbocycles. The summed E-state index contributed by atoms with van der Waals surface area (Å²) in [5, 5.41) is 6.82. The molecular weight excluding hydrogens is 420 g/mol. The van der Waals surface area contributed by atoms with Crippen molar-refractivity contribution in [1.29, 1.82) is 0 Å². The third kappa shape index (κ3) is 2.90. The molecule has 3 amide bonds. The minimum atomic E-state index is -0.780. The molecule has 6 rings (SSSR count). The highest BCUT2D eigenvalue weighted by molar-refractivity contribution is 6.11. The van der Waals surface area contributed by atoms with Crippen LogP contribution in [0.25, 0.3) is 10.9 Å². The van der Waals surface area contributed by atoms with E-state index in [1.54, 1.807) is 11.9 Å². The van der Waals surface area contributed by atoms with Gasteiger partial charge in [0.25, 0.3) is 0 Å². The maximum Gasteiger partial charge on any atom is 0.244 e. The molecule has 3 aromatic rings. The number of fused-ring (bicyclic) bond motifs is 1. The van der Waals surface area contributed by atoms with Crippen molar-refractivity contribution >= 4 is 45.8 Å². The average molecular weight is 442 g/mol. The normalized spacial score (nSPS) is 21.1. The lowest BCUT2D eigenvalue weighted by Crippen LogP contribution is -2.48. The quantitative estimate of drug-likeness (QED) is 0.607.